The summed E-state index contributed by atoms with van der Waals surface area (Å²) < 4.78 is 0. The van der Waals surface area contributed by atoms with Crippen LogP contribution in [-0.2, 0) is 13.0 Å². The van der Waals surface area contributed by atoms with Gasteiger partial charge in [-0.3, -0.25) is 4.98 Å². The normalized spacial score (nSPS) is 13.7. The van der Waals surface area contributed by atoms with Gasteiger partial charge in [0.25, 0.3) is 0 Å². The summed E-state index contributed by atoms with van der Waals surface area (Å²) in [6, 6.07) is 6.43. The van der Waals surface area contributed by atoms with E-state index >= 15 is 0 Å². The highest BCUT2D eigenvalue weighted by Gasteiger charge is 2.35. The number of hydrogen-bond acceptors (Lipinski definition) is 2. The summed E-state index contributed by atoms with van der Waals surface area (Å²) in [4.78, 5) is 4.88. The molecule has 22 heavy (non-hydrogen) atoms. The Bertz CT molecular complexity index is 456. The van der Waals surface area contributed by atoms with E-state index in [2.05, 4.69) is 85.8 Å². The maximum absolute atomic E-state index is 4.88. The van der Waals surface area contributed by atoms with Crippen LogP contribution in [0.4, 0.5) is 0 Å². The van der Waals surface area contributed by atoms with E-state index in [9.17, 15) is 0 Å². The molecule has 0 spiro atoms. The molecule has 0 radical (unpaired) electrons. The van der Waals surface area contributed by atoms with Gasteiger partial charge in [0.05, 0.1) is 5.69 Å². The average Bonchev–Trinajstić information content (AvgIpc) is 2.30. The maximum Gasteiger partial charge on any atom is 0.0545 e. The summed E-state index contributed by atoms with van der Waals surface area (Å²) in [5.41, 5.74) is 3.02. The van der Waals surface area contributed by atoms with Crippen LogP contribution in [0.5, 0.6) is 0 Å². The van der Waals surface area contributed by atoms with Crippen molar-refractivity contribution in [2.45, 2.75) is 80.8 Å². The second-order valence-electron chi connectivity index (χ2n) is 9.71. The fourth-order valence-corrected chi connectivity index (χ4v) is 3.22. The number of hydrogen-bond donors (Lipinski definition) is 1. The SMILES string of the molecule is CC(C)(C)NCc1cccc(CC(C(C)(C)C)C(C)(C)C)n1. The van der Waals surface area contributed by atoms with E-state index in [0.717, 1.165) is 18.7 Å². The molecule has 1 N–H and O–H groups in total. The molecule has 0 saturated carbocycles. The molecule has 0 fully saturated rings. The molecule has 1 aromatic rings. The first-order chi connectivity index (χ1) is 9.79. The van der Waals surface area contributed by atoms with E-state index in [4.69, 9.17) is 4.98 Å². The maximum atomic E-state index is 4.88. The third kappa shape index (κ3) is 6.48. The number of pyridine rings is 1. The third-order valence-corrected chi connectivity index (χ3v) is 4.17. The van der Waals surface area contributed by atoms with Crippen molar-refractivity contribution in [2.75, 3.05) is 0 Å². The number of rotatable bonds is 4. The Hall–Kier alpha value is -0.890. The van der Waals surface area contributed by atoms with Crippen molar-refractivity contribution >= 4 is 0 Å². The second kappa shape index (κ2) is 6.70. The van der Waals surface area contributed by atoms with Crippen LogP contribution in [0.3, 0.4) is 0 Å². The highest BCUT2D eigenvalue weighted by Crippen LogP contribution is 2.41. The van der Waals surface area contributed by atoms with Crippen LogP contribution in [0.25, 0.3) is 0 Å². The lowest BCUT2D eigenvalue weighted by atomic mass is 9.65. The van der Waals surface area contributed by atoms with E-state index in [0.29, 0.717) is 5.92 Å². The van der Waals surface area contributed by atoms with Gasteiger partial charge in [-0.2, -0.15) is 0 Å². The molecule has 0 atom stereocenters. The Morgan fingerprint density at radius 3 is 1.82 bits per heavy atom. The molecule has 1 aromatic heterocycles. The van der Waals surface area contributed by atoms with Crippen LogP contribution in [0.15, 0.2) is 18.2 Å². The molecule has 2 nitrogen and oxygen atoms in total. The van der Waals surface area contributed by atoms with Gasteiger partial charge in [-0.1, -0.05) is 47.6 Å². The second-order valence-corrected chi connectivity index (χ2v) is 9.71. The first-order valence-electron chi connectivity index (χ1n) is 8.49. The molecule has 0 bridgehead atoms. The molecule has 0 unspecified atom stereocenters. The zero-order chi connectivity index (χ0) is 17.2. The van der Waals surface area contributed by atoms with E-state index in [1.165, 1.54) is 5.69 Å². The molecule has 0 aliphatic carbocycles. The predicted molar refractivity (Wildman–Crippen MR) is 96.9 cm³/mol. The fourth-order valence-electron chi connectivity index (χ4n) is 3.22. The van der Waals surface area contributed by atoms with Crippen LogP contribution >= 0.6 is 0 Å². The van der Waals surface area contributed by atoms with Gasteiger partial charge in [0, 0.05) is 17.8 Å². The monoisotopic (exact) mass is 304 g/mol. The molecule has 126 valence electrons. The Balaban J connectivity index is 2.89. The lowest BCUT2D eigenvalue weighted by Gasteiger charge is -2.40. The Kier molecular flexibility index (Phi) is 5.83. The van der Waals surface area contributed by atoms with E-state index in [1.807, 2.05) is 0 Å². The minimum atomic E-state index is 0.122. The van der Waals surface area contributed by atoms with Crippen molar-refractivity contribution in [1.82, 2.24) is 10.3 Å². The Labute approximate surface area is 138 Å². The lowest BCUT2D eigenvalue weighted by molar-refractivity contribution is 0.101. The molecule has 2 heteroatoms. The van der Waals surface area contributed by atoms with Gasteiger partial charge >= 0.3 is 0 Å². The standard InChI is InChI=1S/C20H36N2/c1-18(2,3)17(19(4,5)6)13-15-11-10-12-16(22-15)14-21-20(7,8)9/h10-12,17,21H,13-14H2,1-9H3. The van der Waals surface area contributed by atoms with Gasteiger partial charge in [-0.05, 0) is 56.1 Å². The number of nitrogens with one attached hydrogen (secondary N) is 1. The third-order valence-electron chi connectivity index (χ3n) is 4.17. The Morgan fingerprint density at radius 1 is 0.864 bits per heavy atom. The highest BCUT2D eigenvalue weighted by atomic mass is 15.0. The van der Waals surface area contributed by atoms with Crippen LogP contribution in [-0.4, -0.2) is 10.5 Å². The largest absolute Gasteiger partial charge is 0.306 e. The summed E-state index contributed by atoms with van der Waals surface area (Å²) in [7, 11) is 0. The minimum Gasteiger partial charge on any atom is -0.306 e. The van der Waals surface area contributed by atoms with Crippen LogP contribution in [0.2, 0.25) is 0 Å². The molecular weight excluding hydrogens is 268 g/mol. The van der Waals surface area contributed by atoms with Gasteiger partial charge in [-0.25, -0.2) is 0 Å². The first kappa shape index (κ1) is 19.2. The fraction of sp³-hybridized carbons (Fsp3) is 0.750. The molecule has 0 amide bonds. The smallest absolute Gasteiger partial charge is 0.0545 e. The topological polar surface area (TPSA) is 24.9 Å². The van der Waals surface area contributed by atoms with E-state index < -0.39 is 0 Å². The van der Waals surface area contributed by atoms with Crippen molar-refractivity contribution < 1.29 is 0 Å². The van der Waals surface area contributed by atoms with Crippen LogP contribution < -0.4 is 5.32 Å². The first-order valence-corrected chi connectivity index (χ1v) is 8.49. The molecule has 0 saturated heterocycles. The van der Waals surface area contributed by atoms with Gasteiger partial charge in [0.2, 0.25) is 0 Å². The van der Waals surface area contributed by atoms with Gasteiger partial charge < -0.3 is 5.32 Å². The van der Waals surface area contributed by atoms with Gasteiger partial charge in [0.15, 0.2) is 0 Å². The highest BCUT2D eigenvalue weighted by molar-refractivity contribution is 5.13. The number of nitrogens with zero attached hydrogens (tertiary/aromatic N) is 1. The molecule has 0 aromatic carbocycles. The summed E-state index contributed by atoms with van der Waals surface area (Å²) >= 11 is 0. The van der Waals surface area contributed by atoms with E-state index in [1.54, 1.807) is 0 Å². The van der Waals surface area contributed by atoms with Gasteiger partial charge in [-0.15, -0.1) is 0 Å². The van der Waals surface area contributed by atoms with E-state index in [-0.39, 0.29) is 16.4 Å². The lowest BCUT2D eigenvalue weighted by Crippen LogP contribution is -2.36. The number of aromatic nitrogens is 1. The molecule has 1 heterocycles. The Morgan fingerprint density at radius 2 is 1.36 bits per heavy atom. The summed E-state index contributed by atoms with van der Waals surface area (Å²) in [5.74, 6) is 0.596. The zero-order valence-corrected chi connectivity index (χ0v) is 16.2. The quantitative estimate of drug-likeness (QED) is 0.825. The summed E-state index contributed by atoms with van der Waals surface area (Å²) in [6.45, 7) is 21.4. The molecule has 1 rings (SSSR count). The van der Waals surface area contributed by atoms with Crippen LogP contribution in [0.1, 0.15) is 73.7 Å². The van der Waals surface area contributed by atoms with Crippen molar-refractivity contribution in [3.05, 3.63) is 29.6 Å². The van der Waals surface area contributed by atoms with Crippen molar-refractivity contribution in [2.24, 2.45) is 16.7 Å². The molecule has 0 aliphatic heterocycles. The van der Waals surface area contributed by atoms with Crippen LogP contribution in [0, 0.1) is 16.7 Å². The summed E-state index contributed by atoms with van der Waals surface area (Å²) in [5, 5.41) is 3.52. The summed E-state index contributed by atoms with van der Waals surface area (Å²) in [6.07, 6.45) is 1.04. The average molecular weight is 305 g/mol. The minimum absolute atomic E-state index is 0.122. The molecular formula is C20H36N2. The molecule has 0 aliphatic rings. The predicted octanol–water partition coefficient (Wildman–Crippen LogP) is 5.22. The zero-order valence-electron chi connectivity index (χ0n) is 16.2. The van der Waals surface area contributed by atoms with Crippen molar-refractivity contribution in [1.29, 1.82) is 0 Å². The van der Waals surface area contributed by atoms with Gasteiger partial charge in [0.1, 0.15) is 0 Å². The van der Waals surface area contributed by atoms with Crippen molar-refractivity contribution in [3.8, 4) is 0 Å². The van der Waals surface area contributed by atoms with Crippen molar-refractivity contribution in [3.63, 3.8) is 0 Å².